The number of methoxy groups -OCH3 is 1. The van der Waals surface area contributed by atoms with E-state index in [4.69, 9.17) is 16.3 Å². The molecule has 0 bridgehead atoms. The van der Waals surface area contributed by atoms with Crippen LogP contribution in [0.2, 0.25) is 0 Å². The standard InChI is InChI=1S/C15H13Br2ClO/c1-9-7-13(17)11(8-12(9)16)15(18)10-5-3-4-6-14(10)19-2/h3-8,15H,1-2H3. The molecule has 2 rings (SSSR count). The van der Waals surface area contributed by atoms with Crippen molar-refractivity contribution in [2.24, 2.45) is 0 Å². The molecule has 0 amide bonds. The zero-order valence-corrected chi connectivity index (χ0v) is 14.5. The van der Waals surface area contributed by atoms with Crippen LogP contribution in [0.15, 0.2) is 45.3 Å². The smallest absolute Gasteiger partial charge is 0.123 e. The molecule has 100 valence electrons. The molecular weight excluding hydrogens is 391 g/mol. The molecule has 19 heavy (non-hydrogen) atoms. The van der Waals surface area contributed by atoms with Gasteiger partial charge in [0.2, 0.25) is 0 Å². The number of alkyl halides is 1. The van der Waals surface area contributed by atoms with Crippen molar-refractivity contribution in [1.29, 1.82) is 0 Å². The van der Waals surface area contributed by atoms with Crippen molar-refractivity contribution in [3.63, 3.8) is 0 Å². The van der Waals surface area contributed by atoms with Gasteiger partial charge in [0.15, 0.2) is 0 Å². The van der Waals surface area contributed by atoms with E-state index in [0.29, 0.717) is 0 Å². The Hall–Kier alpha value is -0.510. The summed E-state index contributed by atoms with van der Waals surface area (Å²) >= 11 is 13.7. The van der Waals surface area contributed by atoms with Gasteiger partial charge in [-0.05, 0) is 36.2 Å². The molecule has 0 aliphatic carbocycles. The van der Waals surface area contributed by atoms with Crippen molar-refractivity contribution < 1.29 is 4.74 Å². The Morgan fingerprint density at radius 3 is 2.42 bits per heavy atom. The summed E-state index contributed by atoms with van der Waals surface area (Å²) in [5, 5.41) is -0.262. The molecule has 0 fully saturated rings. The number of ether oxygens (including phenoxy) is 1. The Balaban J connectivity index is 2.50. The summed E-state index contributed by atoms with van der Waals surface area (Å²) in [5.74, 6) is 0.797. The zero-order chi connectivity index (χ0) is 14.0. The minimum absolute atomic E-state index is 0.262. The fraction of sp³-hybridized carbons (Fsp3) is 0.200. The van der Waals surface area contributed by atoms with E-state index < -0.39 is 0 Å². The van der Waals surface area contributed by atoms with Gasteiger partial charge in [0.05, 0.1) is 12.5 Å². The molecule has 0 spiro atoms. The molecule has 0 saturated carbocycles. The first kappa shape index (κ1) is 14.9. The Labute approximate surface area is 135 Å². The highest BCUT2D eigenvalue weighted by molar-refractivity contribution is 9.11. The van der Waals surface area contributed by atoms with Crippen molar-refractivity contribution >= 4 is 43.5 Å². The molecule has 0 N–H and O–H groups in total. The maximum absolute atomic E-state index is 6.61. The molecule has 0 saturated heterocycles. The second kappa shape index (κ2) is 6.29. The maximum atomic E-state index is 6.61. The van der Waals surface area contributed by atoms with Crippen molar-refractivity contribution in [2.45, 2.75) is 12.3 Å². The number of rotatable bonds is 3. The third-order valence-corrected chi connectivity index (χ3v) is 4.97. The Kier molecular flexibility index (Phi) is 4.93. The van der Waals surface area contributed by atoms with E-state index in [-0.39, 0.29) is 5.38 Å². The van der Waals surface area contributed by atoms with Crippen molar-refractivity contribution in [3.8, 4) is 5.75 Å². The van der Waals surface area contributed by atoms with Crippen LogP contribution in [0, 0.1) is 6.92 Å². The average molecular weight is 405 g/mol. The highest BCUT2D eigenvalue weighted by Crippen LogP contribution is 2.39. The summed E-state index contributed by atoms with van der Waals surface area (Å²) in [6.45, 7) is 2.05. The van der Waals surface area contributed by atoms with Crippen LogP contribution in [-0.2, 0) is 0 Å². The number of halogens is 3. The molecule has 0 aromatic heterocycles. The molecule has 0 aliphatic heterocycles. The van der Waals surface area contributed by atoms with Crippen LogP contribution < -0.4 is 4.74 Å². The second-order valence-corrected chi connectivity index (χ2v) is 6.37. The fourth-order valence-electron chi connectivity index (χ4n) is 1.90. The molecule has 0 radical (unpaired) electrons. The van der Waals surface area contributed by atoms with Crippen LogP contribution in [0.4, 0.5) is 0 Å². The topological polar surface area (TPSA) is 9.23 Å². The van der Waals surface area contributed by atoms with Crippen LogP contribution >= 0.6 is 43.5 Å². The summed E-state index contributed by atoms with van der Waals surface area (Å²) in [4.78, 5) is 0. The van der Waals surface area contributed by atoms with Crippen LogP contribution in [0.25, 0.3) is 0 Å². The molecule has 0 heterocycles. The molecule has 1 unspecified atom stereocenters. The monoisotopic (exact) mass is 402 g/mol. The average Bonchev–Trinajstić information content (AvgIpc) is 2.42. The number of aryl methyl sites for hydroxylation is 1. The number of hydrogen-bond acceptors (Lipinski definition) is 1. The Bertz CT molecular complexity index is 599. The van der Waals surface area contributed by atoms with Gasteiger partial charge in [-0.25, -0.2) is 0 Å². The van der Waals surface area contributed by atoms with E-state index >= 15 is 0 Å². The van der Waals surface area contributed by atoms with Crippen molar-refractivity contribution in [1.82, 2.24) is 0 Å². The molecule has 4 heteroatoms. The highest BCUT2D eigenvalue weighted by atomic mass is 79.9. The van der Waals surface area contributed by atoms with Gasteiger partial charge in [-0.3, -0.25) is 0 Å². The minimum Gasteiger partial charge on any atom is -0.496 e. The quantitative estimate of drug-likeness (QED) is 0.583. The molecule has 2 aromatic rings. The largest absolute Gasteiger partial charge is 0.496 e. The summed E-state index contributed by atoms with van der Waals surface area (Å²) in [7, 11) is 1.66. The van der Waals surface area contributed by atoms with Gasteiger partial charge in [0.25, 0.3) is 0 Å². The van der Waals surface area contributed by atoms with Crippen LogP contribution in [0.1, 0.15) is 22.1 Å². The third-order valence-electron chi connectivity index (χ3n) is 2.96. The number of benzene rings is 2. The van der Waals surface area contributed by atoms with Gasteiger partial charge in [-0.15, -0.1) is 11.6 Å². The summed E-state index contributed by atoms with van der Waals surface area (Å²) in [6.07, 6.45) is 0. The lowest BCUT2D eigenvalue weighted by atomic mass is 10.0. The van der Waals surface area contributed by atoms with E-state index in [2.05, 4.69) is 37.9 Å². The molecular formula is C15H13Br2ClO. The van der Waals surface area contributed by atoms with Crippen LogP contribution in [0.3, 0.4) is 0 Å². The number of para-hydroxylation sites is 1. The zero-order valence-electron chi connectivity index (χ0n) is 10.6. The highest BCUT2D eigenvalue weighted by Gasteiger charge is 2.18. The van der Waals surface area contributed by atoms with Gasteiger partial charge < -0.3 is 4.74 Å². The van der Waals surface area contributed by atoms with Gasteiger partial charge >= 0.3 is 0 Å². The molecule has 2 aromatic carbocycles. The van der Waals surface area contributed by atoms with Gasteiger partial charge in [-0.2, -0.15) is 0 Å². The summed E-state index contributed by atoms with van der Waals surface area (Å²) < 4.78 is 7.42. The Morgan fingerprint density at radius 2 is 1.74 bits per heavy atom. The van der Waals surface area contributed by atoms with E-state index in [1.54, 1.807) is 7.11 Å². The molecule has 1 nitrogen and oxygen atoms in total. The SMILES string of the molecule is COc1ccccc1C(Cl)c1cc(Br)c(C)cc1Br. The minimum atomic E-state index is -0.262. The first-order valence-corrected chi connectivity index (χ1v) is 7.79. The van der Waals surface area contributed by atoms with Gasteiger partial charge in [0.1, 0.15) is 5.75 Å². The lowest BCUT2D eigenvalue weighted by Gasteiger charge is -2.16. The Morgan fingerprint density at radius 1 is 1.05 bits per heavy atom. The van der Waals surface area contributed by atoms with Crippen LogP contribution in [0.5, 0.6) is 5.75 Å². The lowest BCUT2D eigenvalue weighted by Crippen LogP contribution is -1.99. The molecule has 0 aliphatic rings. The second-order valence-electron chi connectivity index (χ2n) is 4.23. The van der Waals surface area contributed by atoms with Gasteiger partial charge in [-0.1, -0.05) is 50.1 Å². The normalized spacial score (nSPS) is 12.3. The fourth-order valence-corrected chi connectivity index (χ4v) is 3.44. The predicted molar refractivity (Wildman–Crippen MR) is 87.3 cm³/mol. The van der Waals surface area contributed by atoms with Crippen LogP contribution in [-0.4, -0.2) is 7.11 Å². The van der Waals surface area contributed by atoms with E-state index in [1.807, 2.05) is 37.3 Å². The summed E-state index contributed by atoms with van der Waals surface area (Å²) in [6, 6.07) is 11.9. The first-order valence-electron chi connectivity index (χ1n) is 5.77. The predicted octanol–water partition coefficient (Wildman–Crippen LogP) is 5.86. The van der Waals surface area contributed by atoms with Crippen molar-refractivity contribution in [3.05, 3.63) is 62.0 Å². The van der Waals surface area contributed by atoms with E-state index in [1.165, 1.54) is 5.56 Å². The van der Waals surface area contributed by atoms with Crippen molar-refractivity contribution in [2.75, 3.05) is 7.11 Å². The third kappa shape index (κ3) is 3.15. The number of hydrogen-bond donors (Lipinski definition) is 0. The summed E-state index contributed by atoms with van der Waals surface area (Å²) in [5.41, 5.74) is 3.14. The first-order chi connectivity index (χ1) is 9.04. The van der Waals surface area contributed by atoms with Gasteiger partial charge in [0, 0.05) is 14.5 Å². The lowest BCUT2D eigenvalue weighted by molar-refractivity contribution is 0.410. The van der Waals surface area contributed by atoms with E-state index in [0.717, 1.165) is 25.8 Å². The van der Waals surface area contributed by atoms with E-state index in [9.17, 15) is 0 Å². The maximum Gasteiger partial charge on any atom is 0.123 e. The molecule has 1 atom stereocenters.